The zero-order valence-electron chi connectivity index (χ0n) is 12.9. The molecular weight excluding hydrogens is 254 g/mol. The molecule has 0 aromatic carbocycles. The van der Waals surface area contributed by atoms with Crippen LogP contribution < -0.4 is 5.32 Å². The van der Waals surface area contributed by atoms with Crippen molar-refractivity contribution in [2.75, 3.05) is 26.2 Å². The summed E-state index contributed by atoms with van der Waals surface area (Å²) in [4.78, 5) is 28.6. The third kappa shape index (κ3) is 3.14. The summed E-state index contributed by atoms with van der Waals surface area (Å²) in [6.07, 6.45) is 2.47. The monoisotopic (exact) mass is 281 g/mol. The summed E-state index contributed by atoms with van der Waals surface area (Å²) in [6.45, 7) is 9.35. The van der Waals surface area contributed by atoms with Gasteiger partial charge < -0.3 is 15.1 Å². The molecule has 2 rings (SSSR count). The number of amides is 2. The lowest BCUT2D eigenvalue weighted by molar-refractivity contribution is -0.138. The second kappa shape index (κ2) is 6.57. The molecule has 20 heavy (non-hydrogen) atoms. The van der Waals surface area contributed by atoms with Crippen LogP contribution in [0.4, 0.5) is 0 Å². The van der Waals surface area contributed by atoms with E-state index in [9.17, 15) is 9.59 Å². The maximum atomic E-state index is 12.6. The molecule has 114 valence electrons. The summed E-state index contributed by atoms with van der Waals surface area (Å²) in [5.74, 6) is 0.174. The summed E-state index contributed by atoms with van der Waals surface area (Å²) in [6, 6.07) is 0.485. The van der Waals surface area contributed by atoms with Crippen LogP contribution in [0.1, 0.15) is 40.0 Å². The van der Waals surface area contributed by atoms with Gasteiger partial charge in [-0.25, -0.2) is 0 Å². The van der Waals surface area contributed by atoms with Crippen LogP contribution in [0.5, 0.6) is 0 Å². The summed E-state index contributed by atoms with van der Waals surface area (Å²) < 4.78 is 0. The number of hydrogen-bond donors (Lipinski definition) is 1. The van der Waals surface area contributed by atoms with Crippen LogP contribution in [-0.4, -0.2) is 59.9 Å². The summed E-state index contributed by atoms with van der Waals surface area (Å²) in [5.41, 5.74) is 0. The molecule has 2 aliphatic rings. The summed E-state index contributed by atoms with van der Waals surface area (Å²) >= 11 is 0. The smallest absolute Gasteiger partial charge is 0.228 e. The number of nitrogens with one attached hydrogen (secondary N) is 1. The van der Waals surface area contributed by atoms with E-state index in [0.717, 1.165) is 32.5 Å². The molecule has 2 amide bonds. The number of carbonyl (C=O) groups excluding carboxylic acids is 2. The molecule has 0 saturated carbocycles. The van der Waals surface area contributed by atoms with Gasteiger partial charge in [0.1, 0.15) is 0 Å². The van der Waals surface area contributed by atoms with Gasteiger partial charge in [-0.2, -0.15) is 0 Å². The van der Waals surface area contributed by atoms with Crippen molar-refractivity contribution in [3.05, 3.63) is 0 Å². The molecule has 0 aromatic rings. The van der Waals surface area contributed by atoms with Gasteiger partial charge in [0.25, 0.3) is 0 Å². The number of rotatable bonds is 4. The van der Waals surface area contributed by atoms with Gasteiger partial charge in [0.2, 0.25) is 11.8 Å². The van der Waals surface area contributed by atoms with Crippen molar-refractivity contribution in [3.63, 3.8) is 0 Å². The maximum absolute atomic E-state index is 12.6. The first kappa shape index (κ1) is 15.3. The fraction of sp³-hybridized carbons (Fsp3) is 0.867. The van der Waals surface area contributed by atoms with Gasteiger partial charge in [-0.15, -0.1) is 0 Å². The second-order valence-corrected chi connectivity index (χ2v) is 6.17. The maximum Gasteiger partial charge on any atom is 0.228 e. The van der Waals surface area contributed by atoms with Crippen LogP contribution in [0.2, 0.25) is 0 Å². The fourth-order valence-electron chi connectivity index (χ4n) is 3.30. The highest BCUT2D eigenvalue weighted by atomic mass is 16.2. The van der Waals surface area contributed by atoms with Gasteiger partial charge in [0.05, 0.1) is 5.92 Å². The molecule has 5 nitrogen and oxygen atoms in total. The van der Waals surface area contributed by atoms with Crippen LogP contribution in [0, 0.1) is 5.92 Å². The molecule has 2 aliphatic heterocycles. The number of hydrogen-bond acceptors (Lipinski definition) is 3. The SMILES string of the molecule is CCCC(C)N1CC(C(=O)N2CCNCC2C)CC1=O. The van der Waals surface area contributed by atoms with Crippen molar-refractivity contribution in [1.29, 1.82) is 0 Å². The van der Waals surface area contributed by atoms with Crippen molar-refractivity contribution >= 4 is 11.8 Å². The first-order valence-corrected chi connectivity index (χ1v) is 7.85. The highest BCUT2D eigenvalue weighted by molar-refractivity contribution is 5.89. The zero-order valence-corrected chi connectivity index (χ0v) is 12.9. The van der Waals surface area contributed by atoms with Gasteiger partial charge in [0, 0.05) is 44.7 Å². The van der Waals surface area contributed by atoms with E-state index >= 15 is 0 Å². The number of piperazine rings is 1. The molecule has 0 aliphatic carbocycles. The molecule has 1 N–H and O–H groups in total. The normalized spacial score (nSPS) is 28.9. The van der Waals surface area contributed by atoms with Crippen molar-refractivity contribution in [1.82, 2.24) is 15.1 Å². The first-order chi connectivity index (χ1) is 9.54. The van der Waals surface area contributed by atoms with Gasteiger partial charge >= 0.3 is 0 Å². The molecule has 0 aromatic heterocycles. The molecule has 2 heterocycles. The predicted octanol–water partition coefficient (Wildman–Crippen LogP) is 0.844. The Bertz CT molecular complexity index is 372. The minimum absolute atomic E-state index is 0.137. The van der Waals surface area contributed by atoms with E-state index in [1.807, 2.05) is 9.80 Å². The largest absolute Gasteiger partial charge is 0.339 e. The lowest BCUT2D eigenvalue weighted by atomic mass is 10.0. The van der Waals surface area contributed by atoms with E-state index < -0.39 is 0 Å². The average Bonchev–Trinajstić information content (AvgIpc) is 2.81. The Labute approximate surface area is 121 Å². The van der Waals surface area contributed by atoms with E-state index in [1.165, 1.54) is 0 Å². The van der Waals surface area contributed by atoms with Crippen LogP contribution in [-0.2, 0) is 9.59 Å². The summed E-state index contributed by atoms with van der Waals surface area (Å²) in [5, 5.41) is 3.29. The van der Waals surface area contributed by atoms with Gasteiger partial charge in [0.15, 0.2) is 0 Å². The van der Waals surface area contributed by atoms with Gasteiger partial charge in [-0.05, 0) is 20.3 Å². The third-order valence-electron chi connectivity index (χ3n) is 4.53. The third-order valence-corrected chi connectivity index (χ3v) is 4.53. The van der Waals surface area contributed by atoms with Crippen molar-refractivity contribution in [3.8, 4) is 0 Å². The minimum atomic E-state index is -0.137. The standard InChI is InChI=1S/C15H27N3O2/c1-4-5-11(2)18-10-13(8-14(18)19)15(20)17-7-6-16-9-12(17)3/h11-13,16H,4-10H2,1-3H3. The Kier molecular flexibility index (Phi) is 5.02. The highest BCUT2D eigenvalue weighted by Gasteiger charge is 2.39. The number of carbonyl (C=O) groups is 2. The van der Waals surface area contributed by atoms with Crippen LogP contribution in [0.25, 0.3) is 0 Å². The van der Waals surface area contributed by atoms with E-state index in [0.29, 0.717) is 13.0 Å². The average molecular weight is 281 g/mol. The minimum Gasteiger partial charge on any atom is -0.339 e. The van der Waals surface area contributed by atoms with Crippen LogP contribution in [0.15, 0.2) is 0 Å². The molecule has 3 atom stereocenters. The lowest BCUT2D eigenvalue weighted by Gasteiger charge is -2.35. The van der Waals surface area contributed by atoms with Crippen LogP contribution >= 0.6 is 0 Å². The Morgan fingerprint density at radius 1 is 1.50 bits per heavy atom. The Hall–Kier alpha value is -1.10. The number of nitrogens with zero attached hydrogens (tertiary/aromatic N) is 2. The Balaban J connectivity index is 1.97. The van der Waals surface area contributed by atoms with E-state index in [-0.39, 0.29) is 29.8 Å². The lowest BCUT2D eigenvalue weighted by Crippen LogP contribution is -2.54. The van der Waals surface area contributed by atoms with Gasteiger partial charge in [-0.3, -0.25) is 9.59 Å². The topological polar surface area (TPSA) is 52.7 Å². The zero-order chi connectivity index (χ0) is 14.7. The molecule has 3 unspecified atom stereocenters. The predicted molar refractivity (Wildman–Crippen MR) is 78.2 cm³/mol. The van der Waals surface area contributed by atoms with Crippen molar-refractivity contribution in [2.24, 2.45) is 5.92 Å². The quantitative estimate of drug-likeness (QED) is 0.831. The molecule has 2 fully saturated rings. The number of likely N-dealkylation sites (tertiary alicyclic amines) is 1. The van der Waals surface area contributed by atoms with Crippen LogP contribution in [0.3, 0.4) is 0 Å². The fourth-order valence-corrected chi connectivity index (χ4v) is 3.30. The molecule has 0 radical (unpaired) electrons. The molecule has 2 saturated heterocycles. The van der Waals surface area contributed by atoms with Crippen molar-refractivity contribution < 1.29 is 9.59 Å². The molecule has 0 spiro atoms. The first-order valence-electron chi connectivity index (χ1n) is 7.85. The highest BCUT2D eigenvalue weighted by Crippen LogP contribution is 2.24. The molecule has 0 bridgehead atoms. The summed E-state index contributed by atoms with van der Waals surface area (Å²) in [7, 11) is 0. The van der Waals surface area contributed by atoms with E-state index in [2.05, 4.69) is 26.1 Å². The van der Waals surface area contributed by atoms with E-state index in [4.69, 9.17) is 0 Å². The molecule has 5 heteroatoms. The molecular formula is C15H27N3O2. The second-order valence-electron chi connectivity index (χ2n) is 6.17. The van der Waals surface area contributed by atoms with Crippen molar-refractivity contribution in [2.45, 2.75) is 52.1 Å². The van der Waals surface area contributed by atoms with Gasteiger partial charge in [-0.1, -0.05) is 13.3 Å². The van der Waals surface area contributed by atoms with E-state index in [1.54, 1.807) is 0 Å². The Morgan fingerprint density at radius 3 is 2.90 bits per heavy atom. The Morgan fingerprint density at radius 2 is 2.25 bits per heavy atom.